The summed E-state index contributed by atoms with van der Waals surface area (Å²) < 4.78 is 1.99. The number of imide groups is 1. The highest BCUT2D eigenvalue weighted by molar-refractivity contribution is 8.18. The van der Waals surface area contributed by atoms with E-state index >= 15 is 0 Å². The van der Waals surface area contributed by atoms with Crippen LogP contribution in [0.5, 0.6) is 5.75 Å². The van der Waals surface area contributed by atoms with Gasteiger partial charge >= 0.3 is 0 Å². The average molecular weight is 371 g/mol. The number of phenols is 1. The number of phenolic OH excluding ortho intramolecular Hbond substituents is 1. The molecule has 0 spiro atoms. The van der Waals surface area contributed by atoms with Gasteiger partial charge in [-0.1, -0.05) is 0 Å². The molecule has 134 valence electrons. The summed E-state index contributed by atoms with van der Waals surface area (Å²) in [6.45, 7) is 3.41. The Morgan fingerprint density at radius 3 is 2.50 bits per heavy atom. The number of carbonyl (C=O) groups excluding carboxylic acids is 3. The van der Waals surface area contributed by atoms with Crippen molar-refractivity contribution in [3.63, 3.8) is 0 Å². The number of nitrogens with two attached hydrogens (primary N) is 1. The lowest BCUT2D eigenvalue weighted by Gasteiger charge is -2.10. The van der Waals surface area contributed by atoms with Crippen LogP contribution in [-0.2, 0) is 9.59 Å². The Bertz CT molecular complexity index is 944. The van der Waals surface area contributed by atoms with Crippen LogP contribution in [0.3, 0.4) is 0 Å². The number of benzene rings is 1. The van der Waals surface area contributed by atoms with E-state index in [0.29, 0.717) is 0 Å². The molecule has 1 fully saturated rings. The van der Waals surface area contributed by atoms with Crippen molar-refractivity contribution in [1.82, 2.24) is 9.47 Å². The lowest BCUT2D eigenvalue weighted by atomic mass is 10.2. The largest absolute Gasteiger partial charge is 0.508 e. The van der Waals surface area contributed by atoms with Gasteiger partial charge in [0.15, 0.2) is 0 Å². The Labute approximate surface area is 154 Å². The first-order valence-electron chi connectivity index (χ1n) is 7.80. The fourth-order valence-corrected chi connectivity index (χ4v) is 3.70. The number of aromatic hydroxyl groups is 1. The second-order valence-corrected chi connectivity index (χ2v) is 6.91. The van der Waals surface area contributed by atoms with Crippen molar-refractivity contribution in [2.75, 3.05) is 6.54 Å². The van der Waals surface area contributed by atoms with E-state index in [-0.39, 0.29) is 10.7 Å². The lowest BCUT2D eigenvalue weighted by molar-refractivity contribution is -0.127. The van der Waals surface area contributed by atoms with Crippen molar-refractivity contribution >= 4 is 34.9 Å². The molecular weight excluding hydrogens is 354 g/mol. The van der Waals surface area contributed by atoms with Gasteiger partial charge in [-0.25, -0.2) is 0 Å². The maximum absolute atomic E-state index is 12.3. The molecule has 1 aliphatic heterocycles. The van der Waals surface area contributed by atoms with Gasteiger partial charge in [-0.15, -0.1) is 0 Å². The molecule has 3 N–H and O–H groups in total. The van der Waals surface area contributed by atoms with Crippen LogP contribution in [-0.4, -0.2) is 38.2 Å². The van der Waals surface area contributed by atoms with Crippen LogP contribution in [0.15, 0.2) is 35.2 Å². The standard InChI is InChI=1S/C18H17N3O4S/c1-10-7-12(11(2)21(10)13-3-5-14(22)6-4-13)8-15-17(24)20(9-16(19)23)18(25)26-15/h3-8,22H,9H2,1-2H3,(H2,19,23)/b15-8-. The number of nitrogens with zero attached hydrogens (tertiary/aromatic N) is 2. The first-order chi connectivity index (χ1) is 12.3. The van der Waals surface area contributed by atoms with Crippen LogP contribution in [0.1, 0.15) is 17.0 Å². The molecule has 0 aliphatic carbocycles. The molecular formula is C18H17N3O4S. The Kier molecular flexibility index (Phi) is 4.60. The molecule has 8 heteroatoms. The van der Waals surface area contributed by atoms with Gasteiger partial charge in [-0.2, -0.15) is 0 Å². The van der Waals surface area contributed by atoms with Gasteiger partial charge in [-0.3, -0.25) is 19.3 Å². The molecule has 2 aromatic rings. The third kappa shape index (κ3) is 3.23. The molecule has 3 amide bonds. The molecule has 2 heterocycles. The molecule has 1 saturated heterocycles. The summed E-state index contributed by atoms with van der Waals surface area (Å²) in [5.74, 6) is -1.08. The average Bonchev–Trinajstić information content (AvgIpc) is 2.99. The summed E-state index contributed by atoms with van der Waals surface area (Å²) in [6, 6.07) is 8.69. The summed E-state index contributed by atoms with van der Waals surface area (Å²) in [5, 5.41) is 8.94. The zero-order valence-electron chi connectivity index (χ0n) is 14.2. The molecule has 1 aromatic heterocycles. The molecule has 1 aromatic carbocycles. The van der Waals surface area contributed by atoms with Crippen LogP contribution in [0.2, 0.25) is 0 Å². The molecule has 7 nitrogen and oxygen atoms in total. The number of primary amides is 1. The maximum atomic E-state index is 12.3. The SMILES string of the molecule is Cc1cc(/C=C2\SC(=O)N(CC(N)=O)C2=O)c(C)n1-c1ccc(O)cc1. The third-order valence-electron chi connectivity index (χ3n) is 4.05. The summed E-state index contributed by atoms with van der Waals surface area (Å²) in [4.78, 5) is 36.4. The number of thioether (sulfide) groups is 1. The molecule has 0 bridgehead atoms. The Morgan fingerprint density at radius 2 is 1.88 bits per heavy atom. The highest BCUT2D eigenvalue weighted by atomic mass is 32.2. The van der Waals surface area contributed by atoms with E-state index in [0.717, 1.165) is 39.3 Å². The number of carbonyl (C=O) groups is 3. The Balaban J connectivity index is 1.96. The summed E-state index contributed by atoms with van der Waals surface area (Å²) in [7, 11) is 0. The quantitative estimate of drug-likeness (QED) is 0.803. The van der Waals surface area contributed by atoms with Crippen molar-refractivity contribution in [3.8, 4) is 11.4 Å². The van der Waals surface area contributed by atoms with E-state index in [9.17, 15) is 19.5 Å². The van der Waals surface area contributed by atoms with Crippen molar-refractivity contribution in [1.29, 1.82) is 0 Å². The van der Waals surface area contributed by atoms with Crippen LogP contribution in [0.25, 0.3) is 11.8 Å². The highest BCUT2D eigenvalue weighted by Crippen LogP contribution is 2.33. The minimum absolute atomic E-state index is 0.180. The molecule has 0 unspecified atom stereocenters. The van der Waals surface area contributed by atoms with E-state index < -0.39 is 23.6 Å². The first-order valence-corrected chi connectivity index (χ1v) is 8.61. The van der Waals surface area contributed by atoms with Gasteiger partial charge in [-0.05, 0) is 67.6 Å². The topological polar surface area (TPSA) is 106 Å². The monoisotopic (exact) mass is 371 g/mol. The predicted molar refractivity (Wildman–Crippen MR) is 98.8 cm³/mol. The second-order valence-electron chi connectivity index (χ2n) is 5.91. The summed E-state index contributed by atoms with van der Waals surface area (Å²) in [5.41, 5.74) is 8.57. The van der Waals surface area contributed by atoms with Crippen LogP contribution in [0, 0.1) is 13.8 Å². The van der Waals surface area contributed by atoms with Crippen molar-refractivity contribution in [2.24, 2.45) is 5.73 Å². The van der Waals surface area contributed by atoms with Crippen LogP contribution in [0.4, 0.5) is 4.79 Å². The second kappa shape index (κ2) is 6.72. The Hall–Kier alpha value is -3.00. The fourth-order valence-electron chi connectivity index (χ4n) is 2.87. The van der Waals surface area contributed by atoms with Gasteiger partial charge in [0.1, 0.15) is 12.3 Å². The smallest absolute Gasteiger partial charge is 0.294 e. The minimum atomic E-state index is -0.737. The predicted octanol–water partition coefficient (Wildman–Crippen LogP) is 2.32. The van der Waals surface area contributed by atoms with Crippen molar-refractivity contribution < 1.29 is 19.5 Å². The van der Waals surface area contributed by atoms with E-state index in [1.807, 2.05) is 24.5 Å². The summed E-state index contributed by atoms with van der Waals surface area (Å²) >= 11 is 0.789. The lowest BCUT2D eigenvalue weighted by Crippen LogP contribution is -2.36. The molecule has 26 heavy (non-hydrogen) atoms. The number of hydrogen-bond donors (Lipinski definition) is 2. The number of rotatable bonds is 4. The minimum Gasteiger partial charge on any atom is -0.508 e. The number of amides is 3. The number of hydrogen-bond acceptors (Lipinski definition) is 5. The van der Waals surface area contributed by atoms with Gasteiger partial charge in [0.25, 0.3) is 11.1 Å². The Morgan fingerprint density at radius 1 is 1.23 bits per heavy atom. The van der Waals surface area contributed by atoms with E-state index in [4.69, 9.17) is 5.73 Å². The first kappa shape index (κ1) is 17.8. The number of aryl methyl sites for hydroxylation is 1. The summed E-state index contributed by atoms with van der Waals surface area (Å²) in [6.07, 6.45) is 1.64. The molecule has 0 saturated carbocycles. The van der Waals surface area contributed by atoms with Gasteiger partial charge < -0.3 is 15.4 Å². The van der Waals surface area contributed by atoms with E-state index in [1.165, 1.54) is 0 Å². The van der Waals surface area contributed by atoms with Gasteiger partial charge in [0.2, 0.25) is 5.91 Å². The zero-order valence-corrected chi connectivity index (χ0v) is 15.0. The third-order valence-corrected chi connectivity index (χ3v) is 4.96. The van der Waals surface area contributed by atoms with Crippen molar-refractivity contribution in [2.45, 2.75) is 13.8 Å². The normalized spacial score (nSPS) is 15.9. The van der Waals surface area contributed by atoms with Gasteiger partial charge in [0, 0.05) is 17.1 Å². The van der Waals surface area contributed by atoms with Crippen LogP contribution < -0.4 is 5.73 Å². The fraction of sp³-hybridized carbons (Fsp3) is 0.167. The van der Waals surface area contributed by atoms with E-state index in [1.54, 1.807) is 30.3 Å². The van der Waals surface area contributed by atoms with Crippen molar-refractivity contribution in [3.05, 3.63) is 52.2 Å². The van der Waals surface area contributed by atoms with E-state index in [2.05, 4.69) is 0 Å². The molecule has 3 rings (SSSR count). The van der Waals surface area contributed by atoms with Gasteiger partial charge in [0.05, 0.1) is 4.91 Å². The highest BCUT2D eigenvalue weighted by Gasteiger charge is 2.36. The van der Waals surface area contributed by atoms with Crippen LogP contribution >= 0.6 is 11.8 Å². The maximum Gasteiger partial charge on any atom is 0.294 e. The molecule has 0 atom stereocenters. The molecule has 1 aliphatic rings. The zero-order chi connectivity index (χ0) is 19.0. The molecule has 0 radical (unpaired) electrons. The number of aromatic nitrogens is 1.